The first-order valence-electron chi connectivity index (χ1n) is 6.33. The summed E-state index contributed by atoms with van der Waals surface area (Å²) < 4.78 is 1.56. The fourth-order valence-corrected chi connectivity index (χ4v) is 4.36. The molecule has 0 fully saturated rings. The molecule has 1 N–H and O–H groups in total. The summed E-state index contributed by atoms with van der Waals surface area (Å²) >= 11 is 4.29. The molecule has 0 atom stereocenters. The number of thiophene rings is 1. The van der Waals surface area contributed by atoms with Crippen LogP contribution >= 0.6 is 34.4 Å². The third-order valence-corrected chi connectivity index (χ3v) is 5.52. The van der Waals surface area contributed by atoms with Crippen LogP contribution in [0.2, 0.25) is 0 Å². The number of carbonyl (C=O) groups excluding carboxylic acids is 1. The lowest BCUT2D eigenvalue weighted by Crippen LogP contribution is -2.19. The van der Waals surface area contributed by atoms with Crippen LogP contribution in [-0.4, -0.2) is 20.4 Å². The predicted molar refractivity (Wildman–Crippen MR) is 90.8 cm³/mol. The fourth-order valence-electron chi connectivity index (χ4n) is 1.83. The predicted octanol–water partition coefficient (Wildman–Crippen LogP) is 2.70. The van der Waals surface area contributed by atoms with Crippen molar-refractivity contribution in [3.8, 4) is 0 Å². The second kappa shape index (κ2) is 6.19. The van der Waals surface area contributed by atoms with E-state index in [-0.39, 0.29) is 11.5 Å². The van der Waals surface area contributed by atoms with E-state index < -0.39 is 0 Å². The Kier molecular flexibility index (Phi) is 4.27. The van der Waals surface area contributed by atoms with Gasteiger partial charge in [-0.25, -0.2) is 9.97 Å². The zero-order valence-electron chi connectivity index (χ0n) is 11.8. The summed E-state index contributed by atoms with van der Waals surface area (Å²) in [6.45, 7) is 1.45. The maximum Gasteiger partial charge on any atom is 0.262 e. The lowest BCUT2D eigenvalue weighted by atomic mass is 10.4. The molecule has 0 saturated heterocycles. The average molecular weight is 352 g/mol. The number of anilines is 1. The highest BCUT2D eigenvalue weighted by Gasteiger charge is 2.11. The minimum Gasteiger partial charge on any atom is -0.302 e. The largest absolute Gasteiger partial charge is 0.302 e. The Morgan fingerprint density at radius 1 is 1.41 bits per heavy atom. The topological polar surface area (TPSA) is 76.9 Å². The Morgan fingerprint density at radius 3 is 3.00 bits per heavy atom. The van der Waals surface area contributed by atoms with Crippen molar-refractivity contribution in [1.29, 1.82) is 0 Å². The van der Waals surface area contributed by atoms with E-state index in [0.717, 1.165) is 10.5 Å². The molecule has 6 nitrogen and oxygen atoms in total. The highest BCUT2D eigenvalue weighted by atomic mass is 32.2. The van der Waals surface area contributed by atoms with Gasteiger partial charge in [0.25, 0.3) is 5.56 Å². The molecular weight excluding hydrogens is 340 g/mol. The van der Waals surface area contributed by atoms with Crippen LogP contribution < -0.4 is 10.9 Å². The fraction of sp³-hybridized carbons (Fsp3) is 0.231. The molecule has 3 rings (SSSR count). The molecule has 114 valence electrons. The van der Waals surface area contributed by atoms with E-state index in [1.54, 1.807) is 17.7 Å². The first-order valence-corrected chi connectivity index (χ1v) is 9.08. The van der Waals surface area contributed by atoms with Gasteiger partial charge in [0.2, 0.25) is 5.91 Å². The van der Waals surface area contributed by atoms with E-state index >= 15 is 0 Å². The summed E-state index contributed by atoms with van der Waals surface area (Å²) in [5.41, 5.74) is 0.810. The molecule has 9 heteroatoms. The molecule has 3 aromatic rings. The van der Waals surface area contributed by atoms with E-state index in [1.807, 2.05) is 10.8 Å². The lowest BCUT2D eigenvalue weighted by molar-refractivity contribution is -0.114. The molecule has 3 aromatic heterocycles. The number of hydrogen-bond donors (Lipinski definition) is 1. The molecule has 0 bridgehead atoms. The van der Waals surface area contributed by atoms with Gasteiger partial charge in [-0.15, -0.1) is 22.7 Å². The van der Waals surface area contributed by atoms with Crippen LogP contribution in [0.4, 0.5) is 5.13 Å². The first kappa shape index (κ1) is 15.2. The first-order chi connectivity index (χ1) is 10.5. The monoisotopic (exact) mass is 352 g/mol. The minimum absolute atomic E-state index is 0.0361. The van der Waals surface area contributed by atoms with E-state index in [9.17, 15) is 9.59 Å². The standard InChI is InChI=1S/C13H12N4O2S3/c1-7(18)14-12-15-8(5-21-12)6-22-13-16-10-9(3-4-20-10)11(19)17(13)2/h3-5H,6H2,1-2H3,(H,14,15,18). The number of amides is 1. The molecule has 1 amide bonds. The highest BCUT2D eigenvalue weighted by molar-refractivity contribution is 7.98. The van der Waals surface area contributed by atoms with E-state index in [2.05, 4.69) is 15.3 Å². The maximum absolute atomic E-state index is 12.2. The van der Waals surface area contributed by atoms with Gasteiger partial charge in [-0.3, -0.25) is 14.2 Å². The van der Waals surface area contributed by atoms with E-state index in [0.29, 0.717) is 21.4 Å². The average Bonchev–Trinajstić information content (AvgIpc) is 3.09. The van der Waals surface area contributed by atoms with Crippen LogP contribution in [0.1, 0.15) is 12.6 Å². The van der Waals surface area contributed by atoms with Crippen molar-refractivity contribution in [1.82, 2.24) is 14.5 Å². The molecule has 0 spiro atoms. The normalized spacial score (nSPS) is 11.0. The van der Waals surface area contributed by atoms with Crippen LogP contribution in [0.15, 0.2) is 26.8 Å². The molecule has 0 radical (unpaired) electrons. The number of nitrogens with one attached hydrogen (secondary N) is 1. The van der Waals surface area contributed by atoms with Gasteiger partial charge in [0, 0.05) is 25.1 Å². The summed E-state index contributed by atoms with van der Waals surface area (Å²) in [6.07, 6.45) is 0. The Morgan fingerprint density at radius 2 is 2.23 bits per heavy atom. The molecular formula is C13H12N4O2S3. The van der Waals surface area contributed by atoms with Crippen molar-refractivity contribution in [2.24, 2.45) is 7.05 Å². The quantitative estimate of drug-likeness (QED) is 0.577. The summed E-state index contributed by atoms with van der Waals surface area (Å²) in [6, 6.07) is 1.80. The van der Waals surface area contributed by atoms with Crippen molar-refractivity contribution < 1.29 is 4.79 Å². The second-order valence-electron chi connectivity index (χ2n) is 4.51. The maximum atomic E-state index is 12.2. The lowest BCUT2D eigenvalue weighted by Gasteiger charge is -2.05. The van der Waals surface area contributed by atoms with Gasteiger partial charge in [-0.05, 0) is 11.4 Å². The molecule has 0 aliphatic heterocycles. The van der Waals surface area contributed by atoms with Crippen LogP contribution in [0.3, 0.4) is 0 Å². The van der Waals surface area contributed by atoms with Gasteiger partial charge in [0.05, 0.1) is 11.1 Å². The van der Waals surface area contributed by atoms with Crippen LogP contribution in [0.25, 0.3) is 10.2 Å². The summed E-state index contributed by atoms with van der Waals surface area (Å²) in [5, 5.41) is 8.31. The Bertz CT molecular complexity index is 896. The molecule has 0 aromatic carbocycles. The molecule has 0 aliphatic carbocycles. The third kappa shape index (κ3) is 3.06. The number of hydrogen-bond acceptors (Lipinski definition) is 7. The van der Waals surface area contributed by atoms with Crippen LogP contribution in [0, 0.1) is 0 Å². The number of nitrogens with zero attached hydrogens (tertiary/aromatic N) is 3. The number of thioether (sulfide) groups is 1. The summed E-state index contributed by atoms with van der Waals surface area (Å²) in [7, 11) is 1.72. The molecule has 0 aliphatic rings. The Hall–Kier alpha value is -1.71. The van der Waals surface area contributed by atoms with Gasteiger partial charge in [0.15, 0.2) is 10.3 Å². The van der Waals surface area contributed by atoms with Crippen molar-refractivity contribution in [3.63, 3.8) is 0 Å². The van der Waals surface area contributed by atoms with Crippen LogP contribution in [0.5, 0.6) is 0 Å². The SMILES string of the molecule is CC(=O)Nc1nc(CSc2nc3sccc3c(=O)n2C)cs1. The van der Waals surface area contributed by atoms with Gasteiger partial charge < -0.3 is 5.32 Å². The zero-order chi connectivity index (χ0) is 15.7. The number of carbonyl (C=O) groups is 1. The third-order valence-electron chi connectivity index (χ3n) is 2.85. The molecule has 0 saturated carbocycles. The van der Waals surface area contributed by atoms with Crippen molar-refractivity contribution in [2.75, 3.05) is 5.32 Å². The van der Waals surface area contributed by atoms with Gasteiger partial charge in [0.1, 0.15) is 4.83 Å². The Labute approximate surface area is 138 Å². The number of thiazole rings is 1. The van der Waals surface area contributed by atoms with Gasteiger partial charge in [-0.2, -0.15) is 0 Å². The van der Waals surface area contributed by atoms with Crippen molar-refractivity contribution in [3.05, 3.63) is 32.9 Å². The highest BCUT2D eigenvalue weighted by Crippen LogP contribution is 2.25. The number of rotatable bonds is 4. The van der Waals surface area contributed by atoms with E-state index in [4.69, 9.17) is 0 Å². The summed E-state index contributed by atoms with van der Waals surface area (Å²) in [4.78, 5) is 32.8. The number of fused-ring (bicyclic) bond motifs is 1. The van der Waals surface area contributed by atoms with Crippen molar-refractivity contribution >= 4 is 55.7 Å². The molecule has 22 heavy (non-hydrogen) atoms. The molecule has 3 heterocycles. The van der Waals surface area contributed by atoms with Gasteiger partial charge >= 0.3 is 0 Å². The minimum atomic E-state index is -0.138. The smallest absolute Gasteiger partial charge is 0.262 e. The Balaban J connectivity index is 1.79. The second-order valence-corrected chi connectivity index (χ2v) is 7.21. The number of aromatic nitrogens is 3. The summed E-state index contributed by atoms with van der Waals surface area (Å²) in [5.74, 6) is 0.452. The zero-order valence-corrected chi connectivity index (χ0v) is 14.3. The molecule has 0 unspecified atom stereocenters. The van der Waals surface area contributed by atoms with E-state index in [1.165, 1.54) is 41.4 Å². The van der Waals surface area contributed by atoms with Gasteiger partial charge in [-0.1, -0.05) is 11.8 Å². The van der Waals surface area contributed by atoms with Crippen molar-refractivity contribution in [2.45, 2.75) is 17.8 Å². The van der Waals surface area contributed by atoms with Crippen LogP contribution in [-0.2, 0) is 17.6 Å².